The minimum absolute atomic E-state index is 0. The Morgan fingerprint density at radius 2 is 1.96 bits per heavy atom. The molecule has 5 nitrogen and oxygen atoms in total. The molecule has 0 spiro atoms. The maximum atomic E-state index is 11.2. The first-order valence-corrected chi connectivity index (χ1v) is 8.98. The average molecular weight is 458 g/mol. The summed E-state index contributed by atoms with van der Waals surface area (Å²) in [5.74, 6) is 1.67. The highest BCUT2D eigenvalue weighted by atomic mass is 127. The summed E-state index contributed by atoms with van der Waals surface area (Å²) in [6.07, 6.45) is 5.00. The highest BCUT2D eigenvalue weighted by molar-refractivity contribution is 14.0. The van der Waals surface area contributed by atoms with Crippen molar-refractivity contribution in [2.24, 2.45) is 10.9 Å². The van der Waals surface area contributed by atoms with Crippen LogP contribution < -0.4 is 16.0 Å². The molecular weight excluding hydrogens is 427 g/mol. The molecule has 1 aromatic carbocycles. The van der Waals surface area contributed by atoms with Crippen LogP contribution in [0.2, 0.25) is 0 Å². The van der Waals surface area contributed by atoms with E-state index in [4.69, 9.17) is 4.99 Å². The van der Waals surface area contributed by atoms with Crippen molar-refractivity contribution in [2.75, 3.05) is 11.9 Å². The van der Waals surface area contributed by atoms with Gasteiger partial charge in [0.05, 0.1) is 6.54 Å². The maximum absolute atomic E-state index is 11.2. The van der Waals surface area contributed by atoms with E-state index in [0.717, 1.165) is 29.7 Å². The molecule has 0 heterocycles. The molecule has 0 aromatic heterocycles. The molecule has 1 aromatic rings. The van der Waals surface area contributed by atoms with Crippen molar-refractivity contribution in [3.05, 3.63) is 29.8 Å². The molecule has 6 heteroatoms. The number of aliphatic imine (C=N–C) groups is 1. The SMILES string of the molecule is CCNC(=NCc1cccc(NC(C)=O)c1)NC1CCC(C)CC1.I. The molecule has 140 valence electrons. The summed E-state index contributed by atoms with van der Waals surface area (Å²) < 4.78 is 0. The Morgan fingerprint density at radius 3 is 2.60 bits per heavy atom. The van der Waals surface area contributed by atoms with Crippen LogP contribution in [0.4, 0.5) is 5.69 Å². The third-order valence-electron chi connectivity index (χ3n) is 4.37. The molecule has 0 bridgehead atoms. The number of nitrogens with zero attached hydrogens (tertiary/aromatic N) is 1. The van der Waals surface area contributed by atoms with Crippen LogP contribution in [0.25, 0.3) is 0 Å². The minimum atomic E-state index is -0.0582. The van der Waals surface area contributed by atoms with Crippen LogP contribution in [0, 0.1) is 5.92 Å². The van der Waals surface area contributed by atoms with Gasteiger partial charge in [-0.3, -0.25) is 4.79 Å². The molecule has 1 amide bonds. The zero-order chi connectivity index (χ0) is 17.4. The second-order valence-corrected chi connectivity index (χ2v) is 6.68. The van der Waals surface area contributed by atoms with Crippen molar-refractivity contribution in [3.8, 4) is 0 Å². The normalized spacial score (nSPS) is 20.4. The molecule has 1 aliphatic carbocycles. The van der Waals surface area contributed by atoms with Gasteiger partial charge in [0.25, 0.3) is 0 Å². The molecule has 2 rings (SSSR count). The lowest BCUT2D eigenvalue weighted by molar-refractivity contribution is -0.114. The van der Waals surface area contributed by atoms with Gasteiger partial charge in [-0.25, -0.2) is 4.99 Å². The number of benzene rings is 1. The number of nitrogens with one attached hydrogen (secondary N) is 3. The molecular formula is C19H31IN4O. The van der Waals surface area contributed by atoms with E-state index in [9.17, 15) is 4.79 Å². The first-order chi connectivity index (χ1) is 11.6. The van der Waals surface area contributed by atoms with Gasteiger partial charge in [0.1, 0.15) is 0 Å². The van der Waals surface area contributed by atoms with Gasteiger partial charge in [-0.05, 0) is 56.2 Å². The summed E-state index contributed by atoms with van der Waals surface area (Å²) in [7, 11) is 0. The lowest BCUT2D eigenvalue weighted by Gasteiger charge is -2.28. The van der Waals surface area contributed by atoms with Gasteiger partial charge in [-0.15, -0.1) is 24.0 Å². The van der Waals surface area contributed by atoms with Crippen LogP contribution in [0.3, 0.4) is 0 Å². The summed E-state index contributed by atoms with van der Waals surface area (Å²) in [5.41, 5.74) is 1.89. The van der Waals surface area contributed by atoms with E-state index in [0.29, 0.717) is 12.6 Å². The number of anilines is 1. The van der Waals surface area contributed by atoms with Crippen LogP contribution in [0.15, 0.2) is 29.3 Å². The van der Waals surface area contributed by atoms with Crippen molar-refractivity contribution in [3.63, 3.8) is 0 Å². The molecule has 1 saturated carbocycles. The van der Waals surface area contributed by atoms with Gasteiger partial charge in [0, 0.05) is 25.2 Å². The minimum Gasteiger partial charge on any atom is -0.357 e. The summed E-state index contributed by atoms with van der Waals surface area (Å²) in [6.45, 7) is 7.37. The molecule has 0 aliphatic heterocycles. The van der Waals surface area contributed by atoms with Crippen molar-refractivity contribution in [2.45, 2.75) is 59.0 Å². The molecule has 0 atom stereocenters. The summed E-state index contributed by atoms with van der Waals surface area (Å²) in [6, 6.07) is 8.35. The van der Waals surface area contributed by atoms with Crippen LogP contribution in [-0.4, -0.2) is 24.5 Å². The van der Waals surface area contributed by atoms with E-state index >= 15 is 0 Å². The van der Waals surface area contributed by atoms with E-state index < -0.39 is 0 Å². The second kappa shape index (κ2) is 11.3. The number of halogens is 1. The number of rotatable bonds is 5. The molecule has 0 unspecified atom stereocenters. The highest BCUT2D eigenvalue weighted by Crippen LogP contribution is 2.23. The molecule has 0 radical (unpaired) electrons. The first kappa shape index (κ1) is 21.7. The number of hydrogen-bond donors (Lipinski definition) is 3. The predicted molar refractivity (Wildman–Crippen MR) is 116 cm³/mol. The Balaban J connectivity index is 0.00000312. The Labute approximate surface area is 168 Å². The van der Waals surface area contributed by atoms with Crippen molar-refractivity contribution in [1.29, 1.82) is 0 Å². The second-order valence-electron chi connectivity index (χ2n) is 6.68. The van der Waals surface area contributed by atoms with Gasteiger partial charge in [0.15, 0.2) is 5.96 Å². The topological polar surface area (TPSA) is 65.5 Å². The zero-order valence-corrected chi connectivity index (χ0v) is 17.8. The lowest BCUT2D eigenvalue weighted by atomic mass is 9.87. The monoisotopic (exact) mass is 458 g/mol. The van der Waals surface area contributed by atoms with E-state index in [2.05, 4.69) is 29.8 Å². The van der Waals surface area contributed by atoms with E-state index in [1.165, 1.54) is 32.6 Å². The summed E-state index contributed by atoms with van der Waals surface area (Å²) >= 11 is 0. The zero-order valence-electron chi connectivity index (χ0n) is 15.5. The van der Waals surface area contributed by atoms with Crippen molar-refractivity contribution in [1.82, 2.24) is 10.6 Å². The fourth-order valence-corrected chi connectivity index (χ4v) is 3.04. The highest BCUT2D eigenvalue weighted by Gasteiger charge is 2.18. The first-order valence-electron chi connectivity index (χ1n) is 8.98. The lowest BCUT2D eigenvalue weighted by Crippen LogP contribution is -2.44. The Kier molecular flexibility index (Phi) is 9.85. The largest absolute Gasteiger partial charge is 0.357 e. The van der Waals surface area contributed by atoms with Crippen molar-refractivity contribution >= 4 is 41.5 Å². The van der Waals surface area contributed by atoms with Crippen LogP contribution in [-0.2, 0) is 11.3 Å². The van der Waals surface area contributed by atoms with Crippen LogP contribution in [0.5, 0.6) is 0 Å². The fourth-order valence-electron chi connectivity index (χ4n) is 3.04. The van der Waals surface area contributed by atoms with Gasteiger partial charge < -0.3 is 16.0 Å². The Morgan fingerprint density at radius 1 is 1.24 bits per heavy atom. The van der Waals surface area contributed by atoms with Crippen molar-refractivity contribution < 1.29 is 4.79 Å². The number of carbonyl (C=O) groups excluding carboxylic acids is 1. The number of hydrogen-bond acceptors (Lipinski definition) is 2. The summed E-state index contributed by atoms with van der Waals surface area (Å²) in [4.78, 5) is 15.9. The van der Waals surface area contributed by atoms with Crippen LogP contribution in [0.1, 0.15) is 52.0 Å². The standard InChI is InChI=1S/C19H30N4O.HI/c1-4-20-19(23-17-10-8-14(2)9-11-17)21-13-16-6-5-7-18(12-16)22-15(3)24;/h5-7,12,14,17H,4,8-11,13H2,1-3H3,(H,22,24)(H2,20,21,23);1H. The third-order valence-corrected chi connectivity index (χ3v) is 4.37. The van der Waals surface area contributed by atoms with Gasteiger partial charge >= 0.3 is 0 Å². The molecule has 3 N–H and O–H groups in total. The van der Waals surface area contributed by atoms with E-state index in [-0.39, 0.29) is 29.9 Å². The van der Waals surface area contributed by atoms with Gasteiger partial charge in [0.2, 0.25) is 5.91 Å². The fraction of sp³-hybridized carbons (Fsp3) is 0.579. The molecule has 1 fully saturated rings. The third kappa shape index (κ3) is 8.07. The molecule has 1 aliphatic rings. The van der Waals surface area contributed by atoms with Crippen LogP contribution >= 0.6 is 24.0 Å². The smallest absolute Gasteiger partial charge is 0.221 e. The van der Waals surface area contributed by atoms with E-state index in [1.54, 1.807) is 0 Å². The Bertz CT molecular complexity index is 568. The quantitative estimate of drug-likeness (QED) is 0.356. The molecule has 25 heavy (non-hydrogen) atoms. The predicted octanol–water partition coefficient (Wildman–Crippen LogP) is 3.90. The maximum Gasteiger partial charge on any atom is 0.221 e. The van der Waals surface area contributed by atoms with Gasteiger partial charge in [-0.2, -0.15) is 0 Å². The molecule has 0 saturated heterocycles. The Hall–Kier alpha value is -1.31. The number of carbonyl (C=O) groups is 1. The average Bonchev–Trinajstić information content (AvgIpc) is 2.55. The van der Waals surface area contributed by atoms with E-state index in [1.807, 2.05) is 24.3 Å². The number of amides is 1. The number of guanidine groups is 1. The van der Waals surface area contributed by atoms with Gasteiger partial charge in [-0.1, -0.05) is 19.1 Å². The summed E-state index contributed by atoms with van der Waals surface area (Å²) in [5, 5.41) is 9.70.